The zero-order valence-corrected chi connectivity index (χ0v) is 9.37. The molecule has 2 fully saturated rings. The molecule has 15 heavy (non-hydrogen) atoms. The van der Waals surface area contributed by atoms with Crippen molar-refractivity contribution in [3.05, 3.63) is 0 Å². The highest BCUT2D eigenvalue weighted by molar-refractivity contribution is 7.90. The van der Waals surface area contributed by atoms with Crippen LogP contribution in [-0.4, -0.2) is 43.5 Å². The summed E-state index contributed by atoms with van der Waals surface area (Å²) in [4.78, 5) is 10.2. The van der Waals surface area contributed by atoms with Crippen molar-refractivity contribution in [1.82, 2.24) is 9.62 Å². The van der Waals surface area contributed by atoms with Crippen LogP contribution in [0, 0.1) is 0 Å². The lowest BCUT2D eigenvalue weighted by Gasteiger charge is -2.30. The number of amides is 1. The largest absolute Gasteiger partial charge is 0.356 e. The summed E-state index contributed by atoms with van der Waals surface area (Å²) in [6.45, 7) is 1.09. The van der Waals surface area contributed by atoms with Crippen LogP contribution in [0.15, 0.2) is 0 Å². The van der Waals surface area contributed by atoms with Gasteiger partial charge in [0.2, 0.25) is 16.4 Å². The number of carbonyl (C=O) groups excluding carboxylic acids is 1. The van der Waals surface area contributed by atoms with Crippen molar-refractivity contribution in [1.29, 1.82) is 0 Å². The summed E-state index contributed by atoms with van der Waals surface area (Å²) in [5.41, 5.74) is 0. The highest BCUT2D eigenvalue weighted by atomic mass is 32.2. The first-order valence-electron chi connectivity index (χ1n) is 5.33. The Morgan fingerprint density at radius 1 is 1.13 bits per heavy atom. The molecule has 1 N–H and O–H groups in total. The van der Waals surface area contributed by atoms with Gasteiger partial charge in [-0.25, -0.2) is 12.7 Å². The molecule has 6 heteroatoms. The van der Waals surface area contributed by atoms with E-state index in [4.69, 9.17) is 0 Å². The van der Waals surface area contributed by atoms with E-state index in [1.54, 1.807) is 4.31 Å². The normalized spacial score (nSPS) is 25.1. The summed E-state index contributed by atoms with van der Waals surface area (Å²) in [6.07, 6.45) is 3.77. The van der Waals surface area contributed by atoms with Crippen LogP contribution in [0.25, 0.3) is 0 Å². The van der Waals surface area contributed by atoms with Gasteiger partial charge in [-0.05, 0) is 25.7 Å². The van der Waals surface area contributed by atoms with E-state index >= 15 is 0 Å². The maximum absolute atomic E-state index is 11.8. The number of piperidine rings is 1. The Hall–Kier alpha value is -0.620. The summed E-state index contributed by atoms with van der Waals surface area (Å²) in [5, 5.41) is 2.58. The van der Waals surface area contributed by atoms with Crippen molar-refractivity contribution in [2.24, 2.45) is 0 Å². The topological polar surface area (TPSA) is 66.5 Å². The molecule has 1 saturated carbocycles. The van der Waals surface area contributed by atoms with Crippen LogP contribution in [0.5, 0.6) is 0 Å². The van der Waals surface area contributed by atoms with Gasteiger partial charge in [-0.3, -0.25) is 4.79 Å². The number of hydrogen-bond acceptors (Lipinski definition) is 3. The Bertz CT molecular complexity index is 329. The van der Waals surface area contributed by atoms with Gasteiger partial charge in [0, 0.05) is 19.1 Å². The molecule has 1 heterocycles. The summed E-state index contributed by atoms with van der Waals surface area (Å²) < 4.78 is 25.3. The molecule has 5 nitrogen and oxygen atoms in total. The zero-order valence-electron chi connectivity index (χ0n) is 8.55. The second-order valence-electron chi connectivity index (χ2n) is 4.20. The SMILES string of the molecule is O=CNC1CCN(S(=O)(=O)C2CC2)CC1. The molecule has 2 rings (SSSR count). The Morgan fingerprint density at radius 2 is 1.73 bits per heavy atom. The smallest absolute Gasteiger partial charge is 0.216 e. The second kappa shape index (κ2) is 4.09. The quantitative estimate of drug-likeness (QED) is 0.676. The minimum absolute atomic E-state index is 0.118. The monoisotopic (exact) mass is 232 g/mol. The number of rotatable bonds is 4. The van der Waals surface area contributed by atoms with E-state index in [0.717, 1.165) is 25.7 Å². The highest BCUT2D eigenvalue weighted by Gasteiger charge is 2.40. The third kappa shape index (κ3) is 2.31. The summed E-state index contributed by atoms with van der Waals surface area (Å²) in [7, 11) is -3.01. The molecule has 1 amide bonds. The van der Waals surface area contributed by atoms with E-state index in [1.807, 2.05) is 0 Å². The standard InChI is InChI=1S/C9H16N2O3S/c12-7-10-8-3-5-11(6-4-8)15(13,14)9-1-2-9/h7-9H,1-6H2,(H,10,12). The van der Waals surface area contributed by atoms with Gasteiger partial charge in [0.05, 0.1) is 5.25 Å². The molecule has 0 unspecified atom stereocenters. The molecule has 0 radical (unpaired) electrons. The number of hydrogen-bond donors (Lipinski definition) is 1. The first-order chi connectivity index (χ1) is 7.14. The van der Waals surface area contributed by atoms with Crippen molar-refractivity contribution in [2.75, 3.05) is 13.1 Å². The van der Waals surface area contributed by atoms with Gasteiger partial charge in [-0.15, -0.1) is 0 Å². The van der Waals surface area contributed by atoms with E-state index in [1.165, 1.54) is 0 Å². The third-order valence-electron chi connectivity index (χ3n) is 3.06. The lowest BCUT2D eigenvalue weighted by atomic mass is 10.1. The Morgan fingerprint density at radius 3 is 2.20 bits per heavy atom. The third-order valence-corrected chi connectivity index (χ3v) is 5.46. The van der Waals surface area contributed by atoms with Gasteiger partial charge in [-0.1, -0.05) is 0 Å². The van der Waals surface area contributed by atoms with E-state index in [0.29, 0.717) is 19.5 Å². The molecular formula is C9H16N2O3S. The minimum atomic E-state index is -3.01. The Labute approximate surface area is 89.9 Å². The number of sulfonamides is 1. The molecule has 2 aliphatic rings. The number of nitrogens with zero attached hydrogens (tertiary/aromatic N) is 1. The van der Waals surface area contributed by atoms with Gasteiger partial charge in [-0.2, -0.15) is 0 Å². The van der Waals surface area contributed by atoms with Gasteiger partial charge >= 0.3 is 0 Å². The highest BCUT2D eigenvalue weighted by Crippen LogP contribution is 2.32. The Balaban J connectivity index is 1.90. The van der Waals surface area contributed by atoms with E-state index in [2.05, 4.69) is 5.32 Å². The zero-order chi connectivity index (χ0) is 10.9. The molecule has 0 atom stereocenters. The van der Waals surface area contributed by atoms with Crippen LogP contribution in [0.4, 0.5) is 0 Å². The molecule has 1 saturated heterocycles. The number of carbonyl (C=O) groups is 1. The molecule has 0 bridgehead atoms. The first kappa shape index (κ1) is 10.9. The molecule has 86 valence electrons. The molecular weight excluding hydrogens is 216 g/mol. The van der Waals surface area contributed by atoms with Crippen molar-refractivity contribution in [2.45, 2.75) is 37.0 Å². The lowest BCUT2D eigenvalue weighted by Crippen LogP contribution is -2.45. The minimum Gasteiger partial charge on any atom is -0.356 e. The van der Waals surface area contributed by atoms with Crippen LogP contribution >= 0.6 is 0 Å². The van der Waals surface area contributed by atoms with Gasteiger partial charge in [0.1, 0.15) is 0 Å². The van der Waals surface area contributed by atoms with Gasteiger partial charge in [0.15, 0.2) is 0 Å². The average Bonchev–Trinajstić information content (AvgIpc) is 3.02. The predicted molar refractivity (Wildman–Crippen MR) is 55.7 cm³/mol. The van der Waals surface area contributed by atoms with E-state index < -0.39 is 10.0 Å². The van der Waals surface area contributed by atoms with Gasteiger partial charge in [0.25, 0.3) is 0 Å². The maximum atomic E-state index is 11.8. The fourth-order valence-electron chi connectivity index (χ4n) is 1.95. The van der Waals surface area contributed by atoms with E-state index in [-0.39, 0.29) is 11.3 Å². The number of nitrogens with one attached hydrogen (secondary N) is 1. The Kier molecular flexibility index (Phi) is 2.97. The molecule has 0 aromatic carbocycles. The van der Waals surface area contributed by atoms with Crippen molar-refractivity contribution < 1.29 is 13.2 Å². The summed E-state index contributed by atoms with van der Waals surface area (Å²) in [5.74, 6) is 0. The first-order valence-corrected chi connectivity index (χ1v) is 6.83. The van der Waals surface area contributed by atoms with Gasteiger partial charge < -0.3 is 5.32 Å². The molecule has 0 spiro atoms. The lowest BCUT2D eigenvalue weighted by molar-refractivity contribution is -0.110. The molecule has 0 aromatic heterocycles. The second-order valence-corrected chi connectivity index (χ2v) is 6.42. The average molecular weight is 232 g/mol. The van der Waals surface area contributed by atoms with Crippen LogP contribution in [0.3, 0.4) is 0 Å². The molecule has 1 aliphatic heterocycles. The van der Waals surface area contributed by atoms with E-state index in [9.17, 15) is 13.2 Å². The summed E-state index contributed by atoms with van der Waals surface area (Å²) in [6, 6.07) is 0.146. The fraction of sp³-hybridized carbons (Fsp3) is 0.889. The van der Waals surface area contributed by atoms with Crippen LogP contribution < -0.4 is 5.32 Å². The predicted octanol–water partition coefficient (Wildman–Crippen LogP) is -0.311. The molecule has 0 aromatic rings. The van der Waals surface area contributed by atoms with Crippen LogP contribution in [0.2, 0.25) is 0 Å². The molecule has 1 aliphatic carbocycles. The van der Waals surface area contributed by atoms with Crippen molar-refractivity contribution in [3.8, 4) is 0 Å². The van der Waals surface area contributed by atoms with Crippen molar-refractivity contribution in [3.63, 3.8) is 0 Å². The summed E-state index contributed by atoms with van der Waals surface area (Å²) >= 11 is 0. The fourth-order valence-corrected chi connectivity index (χ4v) is 3.82. The maximum Gasteiger partial charge on any atom is 0.216 e. The van der Waals surface area contributed by atoms with Crippen LogP contribution in [0.1, 0.15) is 25.7 Å². The van der Waals surface area contributed by atoms with Crippen LogP contribution in [-0.2, 0) is 14.8 Å². The van der Waals surface area contributed by atoms with Crippen molar-refractivity contribution >= 4 is 16.4 Å².